The third kappa shape index (κ3) is 2.97. The predicted molar refractivity (Wildman–Crippen MR) is 61.4 cm³/mol. The van der Waals surface area contributed by atoms with Crippen molar-refractivity contribution in [3.63, 3.8) is 0 Å². The highest BCUT2D eigenvalue weighted by Gasteiger charge is 2.14. The van der Waals surface area contributed by atoms with Gasteiger partial charge in [-0.25, -0.2) is 0 Å². The Morgan fingerprint density at radius 3 is 2.69 bits per heavy atom. The van der Waals surface area contributed by atoms with Crippen molar-refractivity contribution in [2.75, 3.05) is 14.2 Å². The summed E-state index contributed by atoms with van der Waals surface area (Å²) in [4.78, 5) is 11.2. The third-order valence-electron chi connectivity index (χ3n) is 2.43. The highest BCUT2D eigenvalue weighted by atomic mass is 16.5. The molecule has 0 aliphatic carbocycles. The molecule has 0 aliphatic heterocycles. The van der Waals surface area contributed by atoms with Crippen molar-refractivity contribution < 1.29 is 14.3 Å². The molecule has 0 heterocycles. The van der Waals surface area contributed by atoms with Crippen molar-refractivity contribution in [1.29, 1.82) is 0 Å². The van der Waals surface area contributed by atoms with Crippen LogP contribution in [-0.2, 0) is 16.0 Å². The van der Waals surface area contributed by atoms with Crippen molar-refractivity contribution in [3.05, 3.63) is 29.3 Å². The Balaban J connectivity index is 2.78. The summed E-state index contributed by atoms with van der Waals surface area (Å²) in [5.74, 6) is 0.397. The summed E-state index contributed by atoms with van der Waals surface area (Å²) in [6.45, 7) is 1.96. The number of hydrogen-bond donors (Lipinski definition) is 1. The molecule has 4 heteroatoms. The minimum absolute atomic E-state index is 0.403. The zero-order valence-corrected chi connectivity index (χ0v) is 9.82. The average molecular weight is 223 g/mol. The van der Waals surface area contributed by atoms with Crippen LogP contribution < -0.4 is 10.5 Å². The van der Waals surface area contributed by atoms with Gasteiger partial charge in [0, 0.05) is 0 Å². The second-order valence-corrected chi connectivity index (χ2v) is 3.64. The van der Waals surface area contributed by atoms with Crippen LogP contribution in [0.3, 0.4) is 0 Å². The van der Waals surface area contributed by atoms with Crippen LogP contribution in [0.15, 0.2) is 18.2 Å². The van der Waals surface area contributed by atoms with Gasteiger partial charge in [0.15, 0.2) is 0 Å². The van der Waals surface area contributed by atoms with Gasteiger partial charge in [-0.3, -0.25) is 4.79 Å². The van der Waals surface area contributed by atoms with E-state index in [0.29, 0.717) is 6.42 Å². The van der Waals surface area contributed by atoms with Crippen molar-refractivity contribution in [1.82, 2.24) is 0 Å². The zero-order chi connectivity index (χ0) is 12.1. The second kappa shape index (κ2) is 5.51. The van der Waals surface area contributed by atoms with Crippen LogP contribution in [0.25, 0.3) is 0 Å². The number of esters is 1. The van der Waals surface area contributed by atoms with Gasteiger partial charge in [-0.05, 0) is 30.5 Å². The molecule has 2 N–H and O–H groups in total. The van der Waals surface area contributed by atoms with E-state index in [1.165, 1.54) is 7.11 Å². The topological polar surface area (TPSA) is 61.5 Å². The molecule has 0 aromatic heterocycles. The van der Waals surface area contributed by atoms with E-state index in [4.69, 9.17) is 10.5 Å². The molecule has 0 spiro atoms. The SMILES string of the molecule is COC(=O)[C@@H](N)Cc1ccc(C)c(OC)c1. The maximum Gasteiger partial charge on any atom is 0.322 e. The summed E-state index contributed by atoms with van der Waals surface area (Å²) in [6, 6.07) is 5.13. The van der Waals surface area contributed by atoms with E-state index < -0.39 is 12.0 Å². The average Bonchev–Trinajstić information content (AvgIpc) is 2.30. The fraction of sp³-hybridized carbons (Fsp3) is 0.417. The van der Waals surface area contributed by atoms with Gasteiger partial charge in [-0.1, -0.05) is 12.1 Å². The smallest absolute Gasteiger partial charge is 0.322 e. The van der Waals surface area contributed by atoms with Crippen molar-refractivity contribution in [2.24, 2.45) is 5.73 Å². The molecule has 0 saturated heterocycles. The van der Waals surface area contributed by atoms with E-state index in [1.807, 2.05) is 25.1 Å². The lowest BCUT2D eigenvalue weighted by Gasteiger charge is -2.11. The van der Waals surface area contributed by atoms with Gasteiger partial charge in [0.2, 0.25) is 0 Å². The summed E-state index contributed by atoms with van der Waals surface area (Å²) in [7, 11) is 2.95. The number of nitrogens with two attached hydrogens (primary N) is 1. The molecular formula is C12H17NO3. The van der Waals surface area contributed by atoms with Crippen LogP contribution >= 0.6 is 0 Å². The van der Waals surface area contributed by atoms with Crippen LogP contribution in [-0.4, -0.2) is 26.2 Å². The molecule has 0 saturated carbocycles. The standard InChI is InChI=1S/C12H17NO3/c1-8-4-5-9(7-11(8)15-2)6-10(13)12(14)16-3/h4-5,7,10H,6,13H2,1-3H3/t10-/m0/s1. The molecular weight excluding hydrogens is 206 g/mol. The number of carbonyl (C=O) groups is 1. The molecule has 1 aromatic rings. The molecule has 0 unspecified atom stereocenters. The second-order valence-electron chi connectivity index (χ2n) is 3.64. The molecule has 0 amide bonds. The summed E-state index contributed by atoms with van der Waals surface area (Å²) in [5, 5.41) is 0. The number of carbonyl (C=O) groups excluding carboxylic acids is 1. The van der Waals surface area contributed by atoms with Gasteiger partial charge in [0.1, 0.15) is 11.8 Å². The monoisotopic (exact) mass is 223 g/mol. The number of aryl methyl sites for hydroxylation is 1. The lowest BCUT2D eigenvalue weighted by Crippen LogP contribution is -2.33. The normalized spacial score (nSPS) is 12.0. The van der Waals surface area contributed by atoms with Crippen LogP contribution in [0.2, 0.25) is 0 Å². The molecule has 0 radical (unpaired) electrons. The van der Waals surface area contributed by atoms with E-state index in [0.717, 1.165) is 16.9 Å². The molecule has 0 aliphatic rings. The minimum atomic E-state index is -0.627. The van der Waals surface area contributed by atoms with Crippen molar-refractivity contribution in [3.8, 4) is 5.75 Å². The highest BCUT2D eigenvalue weighted by Crippen LogP contribution is 2.19. The van der Waals surface area contributed by atoms with Crippen LogP contribution in [0.1, 0.15) is 11.1 Å². The van der Waals surface area contributed by atoms with Crippen LogP contribution in [0, 0.1) is 6.92 Å². The Hall–Kier alpha value is -1.55. The summed E-state index contributed by atoms with van der Waals surface area (Å²) < 4.78 is 9.77. The first kappa shape index (κ1) is 12.5. The fourth-order valence-electron chi connectivity index (χ4n) is 1.48. The van der Waals surface area contributed by atoms with E-state index in [1.54, 1.807) is 7.11 Å². The minimum Gasteiger partial charge on any atom is -0.496 e. The lowest BCUT2D eigenvalue weighted by molar-refractivity contribution is -0.142. The van der Waals surface area contributed by atoms with Gasteiger partial charge in [-0.15, -0.1) is 0 Å². The molecule has 1 aromatic carbocycles. The van der Waals surface area contributed by atoms with Crippen LogP contribution in [0.4, 0.5) is 0 Å². The first-order valence-corrected chi connectivity index (χ1v) is 5.05. The number of ether oxygens (including phenoxy) is 2. The van der Waals surface area contributed by atoms with Gasteiger partial charge >= 0.3 is 5.97 Å². The Labute approximate surface area is 95.3 Å². The fourth-order valence-corrected chi connectivity index (χ4v) is 1.48. The molecule has 16 heavy (non-hydrogen) atoms. The summed E-state index contributed by atoms with van der Waals surface area (Å²) in [5.41, 5.74) is 7.69. The van der Waals surface area contributed by atoms with Gasteiger partial charge in [0.05, 0.1) is 14.2 Å². The maximum atomic E-state index is 11.2. The maximum absolute atomic E-state index is 11.2. The van der Waals surface area contributed by atoms with Crippen LogP contribution in [0.5, 0.6) is 5.75 Å². The summed E-state index contributed by atoms with van der Waals surface area (Å²) >= 11 is 0. The van der Waals surface area contributed by atoms with Gasteiger partial charge in [-0.2, -0.15) is 0 Å². The molecule has 88 valence electrons. The predicted octanol–water partition coefficient (Wildman–Crippen LogP) is 1.05. The largest absolute Gasteiger partial charge is 0.496 e. The number of rotatable bonds is 4. The van der Waals surface area contributed by atoms with Crippen molar-refractivity contribution in [2.45, 2.75) is 19.4 Å². The van der Waals surface area contributed by atoms with Gasteiger partial charge in [0.25, 0.3) is 0 Å². The zero-order valence-electron chi connectivity index (χ0n) is 9.82. The molecule has 4 nitrogen and oxygen atoms in total. The van der Waals surface area contributed by atoms with Crippen molar-refractivity contribution >= 4 is 5.97 Å². The van der Waals surface area contributed by atoms with E-state index in [-0.39, 0.29) is 0 Å². The number of benzene rings is 1. The third-order valence-corrected chi connectivity index (χ3v) is 2.43. The lowest BCUT2D eigenvalue weighted by atomic mass is 10.0. The summed E-state index contributed by atoms with van der Waals surface area (Å²) in [6.07, 6.45) is 0.448. The Morgan fingerprint density at radius 2 is 2.12 bits per heavy atom. The highest BCUT2D eigenvalue weighted by molar-refractivity contribution is 5.75. The quantitative estimate of drug-likeness (QED) is 0.775. The number of methoxy groups -OCH3 is 2. The van der Waals surface area contributed by atoms with E-state index >= 15 is 0 Å². The number of hydrogen-bond acceptors (Lipinski definition) is 4. The Kier molecular flexibility index (Phi) is 4.31. The molecule has 1 atom stereocenters. The van der Waals surface area contributed by atoms with E-state index in [9.17, 15) is 4.79 Å². The molecule has 1 rings (SSSR count). The Bertz CT molecular complexity index is 377. The first-order chi connectivity index (χ1) is 7.58. The Morgan fingerprint density at radius 1 is 1.44 bits per heavy atom. The van der Waals surface area contributed by atoms with E-state index in [2.05, 4.69) is 4.74 Å². The first-order valence-electron chi connectivity index (χ1n) is 5.05. The molecule has 0 bridgehead atoms. The van der Waals surface area contributed by atoms with Gasteiger partial charge < -0.3 is 15.2 Å². The molecule has 0 fully saturated rings.